The molecule has 0 unspecified atom stereocenters. The van der Waals surface area contributed by atoms with Crippen LogP contribution >= 0.6 is 27.7 Å². The Balaban J connectivity index is 2.03. The van der Waals surface area contributed by atoms with Crippen molar-refractivity contribution in [3.05, 3.63) is 10.7 Å². The van der Waals surface area contributed by atoms with Gasteiger partial charge in [0.15, 0.2) is 0 Å². The second-order valence-corrected chi connectivity index (χ2v) is 6.44. The topological polar surface area (TPSA) is 37.8 Å². The Morgan fingerprint density at radius 3 is 2.94 bits per heavy atom. The molecule has 94 valence electrons. The van der Waals surface area contributed by atoms with Crippen LogP contribution in [0.3, 0.4) is 0 Å². The Bertz CT molecular complexity index is 367. The van der Waals surface area contributed by atoms with E-state index in [-0.39, 0.29) is 0 Å². The molecule has 1 saturated carbocycles. The van der Waals surface area contributed by atoms with Gasteiger partial charge in [-0.3, -0.25) is 0 Å². The zero-order valence-corrected chi connectivity index (χ0v) is 12.5. The fourth-order valence-corrected chi connectivity index (χ4v) is 3.58. The van der Waals surface area contributed by atoms with Crippen molar-refractivity contribution in [3.63, 3.8) is 0 Å². The number of aromatic nitrogens is 2. The third-order valence-electron chi connectivity index (χ3n) is 2.83. The monoisotopic (exact) mass is 315 g/mol. The van der Waals surface area contributed by atoms with Crippen LogP contribution in [-0.2, 0) is 0 Å². The van der Waals surface area contributed by atoms with Crippen molar-refractivity contribution in [1.29, 1.82) is 0 Å². The standard InChI is InChI=1S/C12H18BrN3S/c1-2-7-14-12-15-8-10(13)11(16-12)17-9-5-3-4-6-9/h8-9H,2-7H2,1H3,(H,14,15,16). The highest BCUT2D eigenvalue weighted by atomic mass is 79.9. The number of anilines is 1. The molecule has 0 radical (unpaired) electrons. The highest BCUT2D eigenvalue weighted by molar-refractivity contribution is 9.10. The summed E-state index contributed by atoms with van der Waals surface area (Å²) >= 11 is 5.42. The van der Waals surface area contributed by atoms with Crippen molar-refractivity contribution in [2.45, 2.75) is 49.3 Å². The van der Waals surface area contributed by atoms with Crippen molar-refractivity contribution in [1.82, 2.24) is 9.97 Å². The van der Waals surface area contributed by atoms with E-state index in [9.17, 15) is 0 Å². The number of hydrogen-bond donors (Lipinski definition) is 1. The molecule has 3 nitrogen and oxygen atoms in total. The van der Waals surface area contributed by atoms with E-state index in [2.05, 4.69) is 38.1 Å². The van der Waals surface area contributed by atoms with Crippen molar-refractivity contribution in [2.24, 2.45) is 0 Å². The summed E-state index contributed by atoms with van der Waals surface area (Å²) in [6.45, 7) is 3.06. The molecule has 0 aromatic carbocycles. The lowest BCUT2D eigenvalue weighted by atomic mass is 10.4. The summed E-state index contributed by atoms with van der Waals surface area (Å²) in [5, 5.41) is 5.04. The molecule has 1 aliphatic rings. The average Bonchev–Trinajstić information content (AvgIpc) is 2.83. The summed E-state index contributed by atoms with van der Waals surface area (Å²) in [7, 11) is 0. The van der Waals surface area contributed by atoms with Crippen molar-refractivity contribution >= 4 is 33.6 Å². The maximum Gasteiger partial charge on any atom is 0.223 e. The van der Waals surface area contributed by atoms with Gasteiger partial charge < -0.3 is 5.32 Å². The Labute approximate surface area is 115 Å². The van der Waals surface area contributed by atoms with Gasteiger partial charge in [-0.25, -0.2) is 9.97 Å². The van der Waals surface area contributed by atoms with Gasteiger partial charge in [0.25, 0.3) is 0 Å². The van der Waals surface area contributed by atoms with E-state index in [0.29, 0.717) is 0 Å². The van der Waals surface area contributed by atoms with Crippen LogP contribution in [0.25, 0.3) is 0 Å². The number of nitrogens with one attached hydrogen (secondary N) is 1. The van der Waals surface area contributed by atoms with E-state index in [1.54, 1.807) is 0 Å². The first-order chi connectivity index (χ1) is 8.29. The minimum absolute atomic E-state index is 0.736. The van der Waals surface area contributed by atoms with Crippen LogP contribution < -0.4 is 5.32 Å². The molecular weight excluding hydrogens is 298 g/mol. The van der Waals surface area contributed by atoms with Gasteiger partial charge in [-0.05, 0) is 35.2 Å². The molecule has 1 N–H and O–H groups in total. The Morgan fingerprint density at radius 2 is 2.24 bits per heavy atom. The quantitative estimate of drug-likeness (QED) is 0.830. The molecule has 0 aliphatic heterocycles. The van der Waals surface area contributed by atoms with Gasteiger partial charge in [0.1, 0.15) is 5.03 Å². The molecule has 0 spiro atoms. The molecule has 2 rings (SSSR count). The fourth-order valence-electron chi connectivity index (χ4n) is 1.92. The Kier molecular flexibility index (Phi) is 5.10. The number of thioether (sulfide) groups is 1. The first-order valence-electron chi connectivity index (χ1n) is 6.22. The summed E-state index contributed by atoms with van der Waals surface area (Å²) in [4.78, 5) is 8.84. The molecule has 1 aromatic rings. The lowest BCUT2D eigenvalue weighted by Crippen LogP contribution is -2.05. The van der Waals surface area contributed by atoms with Crippen LogP contribution in [0.4, 0.5) is 5.95 Å². The summed E-state index contributed by atoms with van der Waals surface area (Å²) < 4.78 is 1.01. The zero-order chi connectivity index (χ0) is 12.1. The van der Waals surface area contributed by atoms with Gasteiger partial charge in [-0.15, -0.1) is 11.8 Å². The first-order valence-corrected chi connectivity index (χ1v) is 7.90. The molecule has 0 amide bonds. The lowest BCUT2D eigenvalue weighted by molar-refractivity contribution is 0.886. The lowest BCUT2D eigenvalue weighted by Gasteiger charge is -2.10. The van der Waals surface area contributed by atoms with Gasteiger partial charge in [0.05, 0.1) is 4.47 Å². The van der Waals surface area contributed by atoms with Crippen molar-refractivity contribution < 1.29 is 0 Å². The van der Waals surface area contributed by atoms with Crippen LogP contribution in [0.1, 0.15) is 39.0 Å². The summed E-state index contributed by atoms with van der Waals surface area (Å²) in [6.07, 6.45) is 8.30. The Hall–Kier alpha value is -0.290. The van der Waals surface area contributed by atoms with E-state index in [0.717, 1.165) is 33.7 Å². The van der Waals surface area contributed by atoms with E-state index < -0.39 is 0 Å². The molecule has 1 fully saturated rings. The van der Waals surface area contributed by atoms with Gasteiger partial charge >= 0.3 is 0 Å². The molecule has 5 heteroatoms. The Morgan fingerprint density at radius 1 is 1.47 bits per heavy atom. The maximum absolute atomic E-state index is 4.57. The number of halogens is 1. The predicted octanol–water partition coefficient (Wildman–Crippen LogP) is 4.10. The molecule has 0 atom stereocenters. The summed E-state index contributed by atoms with van der Waals surface area (Å²) in [5.74, 6) is 0.746. The van der Waals surface area contributed by atoms with Crippen molar-refractivity contribution in [2.75, 3.05) is 11.9 Å². The molecule has 1 heterocycles. The van der Waals surface area contributed by atoms with E-state index in [1.807, 2.05) is 18.0 Å². The highest BCUT2D eigenvalue weighted by Gasteiger charge is 2.18. The number of hydrogen-bond acceptors (Lipinski definition) is 4. The smallest absolute Gasteiger partial charge is 0.223 e. The number of rotatable bonds is 5. The second kappa shape index (κ2) is 6.59. The van der Waals surface area contributed by atoms with Gasteiger partial charge in [0, 0.05) is 18.0 Å². The molecule has 1 aromatic heterocycles. The zero-order valence-electron chi connectivity index (χ0n) is 10.1. The highest BCUT2D eigenvalue weighted by Crippen LogP contribution is 2.36. The van der Waals surface area contributed by atoms with Crippen LogP contribution in [0.15, 0.2) is 15.7 Å². The largest absolute Gasteiger partial charge is 0.354 e. The maximum atomic E-state index is 4.57. The SMILES string of the molecule is CCCNc1ncc(Br)c(SC2CCCC2)n1. The van der Waals surface area contributed by atoms with E-state index >= 15 is 0 Å². The normalized spacial score (nSPS) is 16.4. The predicted molar refractivity (Wildman–Crippen MR) is 76.6 cm³/mol. The molecule has 17 heavy (non-hydrogen) atoms. The first kappa shape index (κ1) is 13.1. The van der Waals surface area contributed by atoms with E-state index in [1.165, 1.54) is 25.7 Å². The minimum Gasteiger partial charge on any atom is -0.354 e. The van der Waals surface area contributed by atoms with Gasteiger partial charge in [0.2, 0.25) is 5.95 Å². The van der Waals surface area contributed by atoms with Crippen LogP contribution in [0, 0.1) is 0 Å². The summed E-state index contributed by atoms with van der Waals surface area (Å²) in [6, 6.07) is 0. The molecular formula is C12H18BrN3S. The molecule has 0 saturated heterocycles. The van der Waals surface area contributed by atoms with E-state index in [4.69, 9.17) is 0 Å². The number of nitrogens with zero attached hydrogens (tertiary/aromatic N) is 2. The third kappa shape index (κ3) is 3.85. The van der Waals surface area contributed by atoms with Gasteiger partial charge in [-0.2, -0.15) is 0 Å². The fraction of sp³-hybridized carbons (Fsp3) is 0.667. The van der Waals surface area contributed by atoms with Crippen molar-refractivity contribution in [3.8, 4) is 0 Å². The third-order valence-corrected chi connectivity index (χ3v) is 5.01. The average molecular weight is 316 g/mol. The van der Waals surface area contributed by atoms with Crippen LogP contribution in [0.2, 0.25) is 0 Å². The van der Waals surface area contributed by atoms with Crippen LogP contribution in [-0.4, -0.2) is 21.8 Å². The summed E-state index contributed by atoms with van der Waals surface area (Å²) in [5.41, 5.74) is 0. The van der Waals surface area contributed by atoms with Crippen LogP contribution in [0.5, 0.6) is 0 Å². The minimum atomic E-state index is 0.736. The second-order valence-electron chi connectivity index (χ2n) is 4.30. The van der Waals surface area contributed by atoms with Gasteiger partial charge in [-0.1, -0.05) is 19.8 Å². The molecule has 0 bridgehead atoms. The molecule has 1 aliphatic carbocycles.